The SMILES string of the molecule is CC(Cc1cccs1)N(C)C(=O)c1ccc(NN)cn1. The zero-order chi connectivity index (χ0) is 14.5. The van der Waals surface area contributed by atoms with E-state index < -0.39 is 0 Å². The number of nitrogens with two attached hydrogens (primary N) is 1. The standard InChI is InChI=1S/C14H18N4OS/c1-10(8-12-4-3-7-20-12)18(2)14(19)13-6-5-11(17-15)9-16-13/h3-7,9-10,17H,8,15H2,1-2H3. The van der Waals surface area contributed by atoms with Crippen LogP contribution in [-0.4, -0.2) is 28.9 Å². The van der Waals surface area contributed by atoms with Crippen LogP contribution in [0.25, 0.3) is 0 Å². The van der Waals surface area contributed by atoms with Gasteiger partial charge in [0.05, 0.1) is 11.9 Å². The van der Waals surface area contributed by atoms with Crippen molar-refractivity contribution in [2.24, 2.45) is 5.84 Å². The highest BCUT2D eigenvalue weighted by Crippen LogP contribution is 2.15. The van der Waals surface area contributed by atoms with Crippen molar-refractivity contribution in [1.82, 2.24) is 9.88 Å². The van der Waals surface area contributed by atoms with E-state index in [0.717, 1.165) is 6.42 Å². The first kappa shape index (κ1) is 14.5. The van der Waals surface area contributed by atoms with Gasteiger partial charge in [0, 0.05) is 24.4 Å². The molecule has 0 aliphatic rings. The Balaban J connectivity index is 2.03. The number of nitrogens with zero attached hydrogens (tertiary/aromatic N) is 2. The van der Waals surface area contributed by atoms with Crippen LogP contribution in [0.3, 0.4) is 0 Å². The number of hydrogen-bond donors (Lipinski definition) is 2. The lowest BCUT2D eigenvalue weighted by Crippen LogP contribution is -2.36. The van der Waals surface area contributed by atoms with Crippen LogP contribution in [0.15, 0.2) is 35.8 Å². The molecule has 0 aliphatic heterocycles. The van der Waals surface area contributed by atoms with Gasteiger partial charge in [0.2, 0.25) is 0 Å². The van der Waals surface area contributed by atoms with Crippen molar-refractivity contribution < 1.29 is 4.79 Å². The Hall–Kier alpha value is -1.92. The number of nitrogens with one attached hydrogen (secondary N) is 1. The summed E-state index contributed by atoms with van der Waals surface area (Å²) in [7, 11) is 1.80. The third-order valence-electron chi connectivity index (χ3n) is 3.21. The summed E-state index contributed by atoms with van der Waals surface area (Å²) in [6.07, 6.45) is 2.40. The highest BCUT2D eigenvalue weighted by Gasteiger charge is 2.19. The molecule has 6 heteroatoms. The second-order valence-corrected chi connectivity index (χ2v) is 5.66. The van der Waals surface area contributed by atoms with Crippen LogP contribution in [-0.2, 0) is 6.42 Å². The lowest BCUT2D eigenvalue weighted by molar-refractivity contribution is 0.0738. The summed E-state index contributed by atoms with van der Waals surface area (Å²) < 4.78 is 0. The van der Waals surface area contributed by atoms with E-state index in [-0.39, 0.29) is 11.9 Å². The van der Waals surface area contributed by atoms with Gasteiger partial charge in [0.25, 0.3) is 5.91 Å². The number of aromatic nitrogens is 1. The van der Waals surface area contributed by atoms with Crippen molar-refractivity contribution in [3.8, 4) is 0 Å². The first-order valence-corrected chi connectivity index (χ1v) is 7.22. The first-order chi connectivity index (χ1) is 9.61. The quantitative estimate of drug-likeness (QED) is 0.653. The molecule has 0 aromatic carbocycles. The van der Waals surface area contributed by atoms with Gasteiger partial charge in [0.1, 0.15) is 5.69 Å². The van der Waals surface area contributed by atoms with Gasteiger partial charge in [-0.1, -0.05) is 6.07 Å². The topological polar surface area (TPSA) is 71.2 Å². The predicted octanol–water partition coefficient (Wildman–Crippen LogP) is 2.13. The Kier molecular flexibility index (Phi) is 4.70. The summed E-state index contributed by atoms with van der Waals surface area (Å²) in [6, 6.07) is 7.63. The molecule has 2 rings (SSSR count). The lowest BCUT2D eigenvalue weighted by Gasteiger charge is -2.24. The predicted molar refractivity (Wildman–Crippen MR) is 81.6 cm³/mol. The maximum absolute atomic E-state index is 12.3. The van der Waals surface area contributed by atoms with Gasteiger partial charge in [-0.25, -0.2) is 4.98 Å². The fourth-order valence-corrected chi connectivity index (χ4v) is 2.67. The molecule has 0 saturated heterocycles. The van der Waals surface area contributed by atoms with E-state index in [9.17, 15) is 4.79 Å². The molecule has 1 unspecified atom stereocenters. The first-order valence-electron chi connectivity index (χ1n) is 6.34. The Morgan fingerprint density at radius 1 is 1.50 bits per heavy atom. The van der Waals surface area contributed by atoms with Gasteiger partial charge in [-0.05, 0) is 30.5 Å². The normalized spacial score (nSPS) is 11.9. The van der Waals surface area contributed by atoms with Gasteiger partial charge >= 0.3 is 0 Å². The van der Waals surface area contributed by atoms with Crippen LogP contribution in [0.2, 0.25) is 0 Å². The van der Waals surface area contributed by atoms with E-state index in [0.29, 0.717) is 11.4 Å². The van der Waals surface area contributed by atoms with Gasteiger partial charge in [-0.2, -0.15) is 0 Å². The van der Waals surface area contributed by atoms with Gasteiger partial charge in [0.15, 0.2) is 0 Å². The van der Waals surface area contributed by atoms with E-state index in [1.807, 2.05) is 18.4 Å². The van der Waals surface area contributed by atoms with Crippen molar-refractivity contribution in [1.29, 1.82) is 0 Å². The average molecular weight is 290 g/mol. The summed E-state index contributed by atoms with van der Waals surface area (Å²) in [6.45, 7) is 2.04. The van der Waals surface area contributed by atoms with Crippen LogP contribution in [0.4, 0.5) is 5.69 Å². The van der Waals surface area contributed by atoms with Gasteiger partial charge in [-0.3, -0.25) is 10.6 Å². The lowest BCUT2D eigenvalue weighted by atomic mass is 10.1. The third-order valence-corrected chi connectivity index (χ3v) is 4.11. The summed E-state index contributed by atoms with van der Waals surface area (Å²) >= 11 is 1.71. The maximum Gasteiger partial charge on any atom is 0.272 e. The van der Waals surface area contributed by atoms with E-state index in [1.54, 1.807) is 41.6 Å². The van der Waals surface area contributed by atoms with E-state index in [4.69, 9.17) is 5.84 Å². The summed E-state index contributed by atoms with van der Waals surface area (Å²) in [5.74, 6) is 5.19. The van der Waals surface area contributed by atoms with Crippen molar-refractivity contribution in [2.45, 2.75) is 19.4 Å². The Morgan fingerprint density at radius 2 is 2.30 bits per heavy atom. The molecule has 0 radical (unpaired) electrons. The zero-order valence-electron chi connectivity index (χ0n) is 11.5. The smallest absolute Gasteiger partial charge is 0.272 e. The molecule has 106 valence electrons. The zero-order valence-corrected chi connectivity index (χ0v) is 12.4. The molecular formula is C14H18N4OS. The molecule has 0 saturated carbocycles. The fourth-order valence-electron chi connectivity index (χ4n) is 1.84. The number of nitrogen functional groups attached to an aromatic ring is 1. The molecule has 1 atom stereocenters. The monoisotopic (exact) mass is 290 g/mol. The van der Waals surface area contributed by atoms with Gasteiger partial charge in [-0.15, -0.1) is 11.3 Å². The largest absolute Gasteiger partial charge is 0.337 e. The molecule has 5 nitrogen and oxygen atoms in total. The van der Waals surface area contributed by atoms with E-state index >= 15 is 0 Å². The Bertz CT molecular complexity index is 553. The van der Waals surface area contributed by atoms with Crippen LogP contribution in [0.5, 0.6) is 0 Å². The number of carbonyl (C=O) groups excluding carboxylic acids is 1. The minimum atomic E-state index is -0.0855. The van der Waals surface area contributed by atoms with Crippen LogP contribution < -0.4 is 11.3 Å². The van der Waals surface area contributed by atoms with Crippen molar-refractivity contribution in [3.05, 3.63) is 46.4 Å². The van der Waals surface area contributed by atoms with Gasteiger partial charge < -0.3 is 10.3 Å². The molecule has 0 spiro atoms. The minimum Gasteiger partial charge on any atom is -0.337 e. The molecule has 2 aromatic rings. The number of thiophene rings is 1. The summed E-state index contributed by atoms with van der Waals surface area (Å²) in [4.78, 5) is 19.4. The highest BCUT2D eigenvalue weighted by atomic mass is 32.1. The average Bonchev–Trinajstić information content (AvgIpc) is 2.98. The molecule has 0 bridgehead atoms. The third kappa shape index (κ3) is 3.34. The van der Waals surface area contributed by atoms with Crippen molar-refractivity contribution in [3.63, 3.8) is 0 Å². The van der Waals surface area contributed by atoms with Crippen LogP contribution in [0.1, 0.15) is 22.3 Å². The number of hydrazine groups is 1. The molecule has 3 N–H and O–H groups in total. The fraction of sp³-hybridized carbons (Fsp3) is 0.286. The highest BCUT2D eigenvalue weighted by molar-refractivity contribution is 7.09. The molecule has 2 heterocycles. The minimum absolute atomic E-state index is 0.0855. The Morgan fingerprint density at radius 3 is 2.85 bits per heavy atom. The summed E-state index contributed by atoms with van der Waals surface area (Å²) in [5.41, 5.74) is 3.59. The second-order valence-electron chi connectivity index (χ2n) is 4.63. The molecule has 1 amide bonds. The molecular weight excluding hydrogens is 272 g/mol. The number of amides is 1. The van der Waals surface area contributed by atoms with E-state index in [2.05, 4.69) is 16.5 Å². The Labute approximate surface area is 122 Å². The maximum atomic E-state index is 12.3. The van der Waals surface area contributed by atoms with Crippen molar-refractivity contribution in [2.75, 3.05) is 12.5 Å². The number of carbonyl (C=O) groups is 1. The second kappa shape index (κ2) is 6.49. The van der Waals surface area contributed by atoms with E-state index in [1.165, 1.54) is 4.88 Å². The molecule has 0 aliphatic carbocycles. The van der Waals surface area contributed by atoms with Crippen molar-refractivity contribution >= 4 is 22.9 Å². The molecule has 0 fully saturated rings. The summed E-state index contributed by atoms with van der Waals surface area (Å²) in [5, 5.41) is 2.05. The number of rotatable bonds is 5. The number of anilines is 1. The van der Waals surface area contributed by atoms with Crippen LogP contribution in [0, 0.1) is 0 Å². The molecule has 20 heavy (non-hydrogen) atoms. The number of pyridine rings is 1. The van der Waals surface area contributed by atoms with Crippen LogP contribution >= 0.6 is 11.3 Å². The molecule has 2 aromatic heterocycles. The number of likely N-dealkylation sites (N-methyl/N-ethyl adjacent to an activating group) is 1. The number of hydrogen-bond acceptors (Lipinski definition) is 5.